The molecule has 0 aromatic carbocycles. The molecule has 1 aliphatic rings. The largest absolute Gasteiger partial charge is 0.378 e. The number of halogens is 1. The van der Waals surface area contributed by atoms with Crippen LogP contribution in [0.4, 0.5) is 0 Å². The Morgan fingerprint density at radius 3 is 2.83 bits per heavy atom. The summed E-state index contributed by atoms with van der Waals surface area (Å²) >= 11 is 0. The summed E-state index contributed by atoms with van der Waals surface area (Å²) in [5.74, 6) is 0. The van der Waals surface area contributed by atoms with Gasteiger partial charge in [0.1, 0.15) is 0 Å². The summed E-state index contributed by atoms with van der Waals surface area (Å²) in [7, 11) is 2.20. The first-order chi connectivity index (χ1) is 5.34. The van der Waals surface area contributed by atoms with E-state index >= 15 is 0 Å². The van der Waals surface area contributed by atoms with Crippen LogP contribution in [0.5, 0.6) is 0 Å². The molecule has 0 aromatic heterocycles. The highest BCUT2D eigenvalue weighted by Crippen LogP contribution is 2.10. The first kappa shape index (κ1) is 12.2. The second-order valence-corrected chi connectivity index (χ2v) is 3.35. The van der Waals surface area contributed by atoms with Gasteiger partial charge in [0.2, 0.25) is 0 Å². The molecule has 0 bridgehead atoms. The number of ether oxygens (including phenoxy) is 1. The summed E-state index contributed by atoms with van der Waals surface area (Å²) < 4.78 is 5.41. The summed E-state index contributed by atoms with van der Waals surface area (Å²) in [4.78, 5) is 2.42. The molecule has 0 N–H and O–H groups in total. The van der Waals surface area contributed by atoms with Gasteiger partial charge in [-0.1, -0.05) is 19.8 Å². The predicted molar refractivity (Wildman–Crippen MR) is 54.0 cm³/mol. The van der Waals surface area contributed by atoms with E-state index in [1.807, 2.05) is 0 Å². The second-order valence-electron chi connectivity index (χ2n) is 3.35. The molecule has 2 nitrogen and oxygen atoms in total. The average Bonchev–Trinajstić information content (AvgIpc) is 2.03. The summed E-state index contributed by atoms with van der Waals surface area (Å²) in [5, 5.41) is 0. The number of hydrogen-bond acceptors (Lipinski definition) is 2. The van der Waals surface area contributed by atoms with Crippen LogP contribution in [-0.2, 0) is 4.74 Å². The van der Waals surface area contributed by atoms with Crippen LogP contribution in [0.2, 0.25) is 0 Å². The lowest BCUT2D eigenvalue weighted by Gasteiger charge is -2.32. The third-order valence-electron chi connectivity index (χ3n) is 2.41. The zero-order valence-corrected chi connectivity index (χ0v) is 8.90. The minimum absolute atomic E-state index is 0. The van der Waals surface area contributed by atoms with Crippen molar-refractivity contribution in [1.82, 2.24) is 4.90 Å². The quantitative estimate of drug-likeness (QED) is 0.679. The Balaban J connectivity index is 0.00000121. The van der Waals surface area contributed by atoms with Gasteiger partial charge in [-0.05, 0) is 13.5 Å². The maximum absolute atomic E-state index is 5.41. The molecular weight excluding hydrogens is 174 g/mol. The Morgan fingerprint density at radius 1 is 1.50 bits per heavy atom. The van der Waals surface area contributed by atoms with Gasteiger partial charge in [-0.15, -0.1) is 12.4 Å². The molecule has 0 saturated carbocycles. The van der Waals surface area contributed by atoms with E-state index in [1.54, 1.807) is 0 Å². The zero-order chi connectivity index (χ0) is 8.10. The molecule has 1 aliphatic heterocycles. The highest BCUT2D eigenvalue weighted by molar-refractivity contribution is 5.85. The highest BCUT2D eigenvalue weighted by Gasteiger charge is 2.17. The van der Waals surface area contributed by atoms with Crippen molar-refractivity contribution in [2.75, 3.05) is 26.8 Å². The van der Waals surface area contributed by atoms with E-state index in [1.165, 1.54) is 19.3 Å². The third kappa shape index (κ3) is 3.74. The number of rotatable bonds is 3. The first-order valence-electron chi connectivity index (χ1n) is 4.62. The van der Waals surface area contributed by atoms with E-state index in [2.05, 4.69) is 18.9 Å². The van der Waals surface area contributed by atoms with Gasteiger partial charge in [-0.2, -0.15) is 0 Å². The van der Waals surface area contributed by atoms with Crippen LogP contribution < -0.4 is 0 Å². The second kappa shape index (κ2) is 6.70. The fraction of sp³-hybridized carbons (Fsp3) is 1.00. The molecule has 0 aliphatic carbocycles. The van der Waals surface area contributed by atoms with Gasteiger partial charge in [-0.25, -0.2) is 0 Å². The lowest BCUT2D eigenvalue weighted by molar-refractivity contribution is 0.00227. The highest BCUT2D eigenvalue weighted by atomic mass is 35.5. The molecule has 12 heavy (non-hydrogen) atoms. The van der Waals surface area contributed by atoms with E-state index in [4.69, 9.17) is 4.74 Å². The lowest BCUT2D eigenvalue weighted by atomic mass is 10.1. The maximum atomic E-state index is 5.41. The molecule has 74 valence electrons. The van der Waals surface area contributed by atoms with E-state index in [0.29, 0.717) is 6.04 Å². The maximum Gasteiger partial charge on any atom is 0.0622 e. The minimum Gasteiger partial charge on any atom is -0.378 e. The van der Waals surface area contributed by atoms with Crippen LogP contribution in [0, 0.1) is 0 Å². The van der Waals surface area contributed by atoms with Gasteiger partial charge in [0, 0.05) is 12.6 Å². The molecule has 1 heterocycles. The number of morpholine rings is 1. The van der Waals surface area contributed by atoms with Crippen LogP contribution >= 0.6 is 12.4 Å². The average molecular weight is 194 g/mol. The molecule has 0 aromatic rings. The Kier molecular flexibility index (Phi) is 6.81. The van der Waals surface area contributed by atoms with Gasteiger partial charge in [-0.3, -0.25) is 4.90 Å². The Labute approximate surface area is 81.7 Å². The summed E-state index contributed by atoms with van der Waals surface area (Å²) in [5.41, 5.74) is 0. The van der Waals surface area contributed by atoms with Gasteiger partial charge in [0.15, 0.2) is 0 Å². The molecule has 1 fully saturated rings. The van der Waals surface area contributed by atoms with Crippen molar-refractivity contribution in [3.05, 3.63) is 0 Å². The van der Waals surface area contributed by atoms with Crippen molar-refractivity contribution >= 4 is 12.4 Å². The van der Waals surface area contributed by atoms with Crippen molar-refractivity contribution < 1.29 is 4.74 Å². The molecule has 1 saturated heterocycles. The predicted octanol–water partition coefficient (Wildman–Crippen LogP) is 1.93. The van der Waals surface area contributed by atoms with Crippen molar-refractivity contribution in [2.45, 2.75) is 32.2 Å². The molecule has 1 atom stereocenters. The monoisotopic (exact) mass is 193 g/mol. The number of unbranched alkanes of at least 4 members (excludes halogenated alkanes) is 1. The third-order valence-corrected chi connectivity index (χ3v) is 2.41. The number of nitrogens with zero attached hydrogens (tertiary/aromatic N) is 1. The fourth-order valence-corrected chi connectivity index (χ4v) is 1.48. The summed E-state index contributed by atoms with van der Waals surface area (Å²) in [6, 6.07) is 0.684. The Hall–Kier alpha value is 0.210. The smallest absolute Gasteiger partial charge is 0.0622 e. The van der Waals surface area contributed by atoms with E-state index in [9.17, 15) is 0 Å². The first-order valence-corrected chi connectivity index (χ1v) is 4.62. The summed E-state index contributed by atoms with van der Waals surface area (Å²) in [6.45, 7) is 5.20. The summed E-state index contributed by atoms with van der Waals surface area (Å²) in [6.07, 6.45) is 3.93. The van der Waals surface area contributed by atoms with Gasteiger partial charge >= 0.3 is 0 Å². The molecule has 1 rings (SSSR count). The topological polar surface area (TPSA) is 12.5 Å². The van der Waals surface area contributed by atoms with Crippen LogP contribution in [-0.4, -0.2) is 37.7 Å². The van der Waals surface area contributed by atoms with Crippen molar-refractivity contribution in [3.8, 4) is 0 Å². The standard InChI is InChI=1S/C9H19NO.ClH/c1-3-4-5-9-8-11-7-6-10(9)2;/h9H,3-8H2,1-2H3;1H. The van der Waals surface area contributed by atoms with E-state index in [-0.39, 0.29) is 12.4 Å². The zero-order valence-electron chi connectivity index (χ0n) is 8.08. The van der Waals surface area contributed by atoms with E-state index < -0.39 is 0 Å². The van der Waals surface area contributed by atoms with Crippen LogP contribution in [0.15, 0.2) is 0 Å². The van der Waals surface area contributed by atoms with Crippen LogP contribution in [0.1, 0.15) is 26.2 Å². The Bertz CT molecular complexity index is 111. The van der Waals surface area contributed by atoms with Gasteiger partial charge in [0.25, 0.3) is 0 Å². The molecule has 3 heteroatoms. The molecule has 0 spiro atoms. The Morgan fingerprint density at radius 2 is 2.25 bits per heavy atom. The lowest BCUT2D eigenvalue weighted by Crippen LogP contribution is -2.42. The van der Waals surface area contributed by atoms with Crippen molar-refractivity contribution in [3.63, 3.8) is 0 Å². The fourth-order valence-electron chi connectivity index (χ4n) is 1.48. The van der Waals surface area contributed by atoms with E-state index in [0.717, 1.165) is 19.8 Å². The van der Waals surface area contributed by atoms with Crippen molar-refractivity contribution in [1.29, 1.82) is 0 Å². The van der Waals surface area contributed by atoms with Gasteiger partial charge in [0.05, 0.1) is 13.2 Å². The van der Waals surface area contributed by atoms with Crippen LogP contribution in [0.3, 0.4) is 0 Å². The normalized spacial score (nSPS) is 25.0. The molecule has 0 radical (unpaired) electrons. The van der Waals surface area contributed by atoms with Crippen molar-refractivity contribution in [2.24, 2.45) is 0 Å². The molecular formula is C9H20ClNO. The van der Waals surface area contributed by atoms with Gasteiger partial charge < -0.3 is 4.74 Å². The number of hydrogen-bond donors (Lipinski definition) is 0. The SMILES string of the molecule is CCCCC1COCCN1C.Cl. The molecule has 0 amide bonds. The number of likely N-dealkylation sites (N-methyl/N-ethyl adjacent to an activating group) is 1. The van der Waals surface area contributed by atoms with Crippen LogP contribution in [0.25, 0.3) is 0 Å². The minimum atomic E-state index is 0. The molecule has 1 unspecified atom stereocenters.